The number of hydrogen-bond acceptors (Lipinski definition) is 4. The van der Waals surface area contributed by atoms with Crippen LogP contribution in [-0.4, -0.2) is 19.5 Å². The molecule has 0 radical (unpaired) electrons. The summed E-state index contributed by atoms with van der Waals surface area (Å²) in [7, 11) is 1.95. The summed E-state index contributed by atoms with van der Waals surface area (Å²) in [6.07, 6.45) is 5.15. The van der Waals surface area contributed by atoms with Gasteiger partial charge in [-0.05, 0) is 17.7 Å². The van der Waals surface area contributed by atoms with Crippen LogP contribution in [0.1, 0.15) is 25.3 Å². The number of hydrogen-bond donors (Lipinski definition) is 0. The topological polar surface area (TPSA) is 43.6 Å². The van der Waals surface area contributed by atoms with E-state index in [1.165, 1.54) is 18.1 Å². The highest BCUT2D eigenvalue weighted by atomic mass is 35.5. The van der Waals surface area contributed by atoms with Gasteiger partial charge in [0.2, 0.25) is 0 Å². The highest BCUT2D eigenvalue weighted by molar-refractivity contribution is 7.99. The molecule has 0 saturated carbocycles. The third-order valence-electron chi connectivity index (χ3n) is 2.34. The SMILES string of the molecule is CC(C)c1c(Cl)ncnc1Sc1nccn1C. The lowest BCUT2D eigenvalue weighted by Gasteiger charge is -2.11. The lowest BCUT2D eigenvalue weighted by Crippen LogP contribution is -1.99. The fourth-order valence-corrected chi connectivity index (χ4v) is 2.90. The highest BCUT2D eigenvalue weighted by Crippen LogP contribution is 2.34. The van der Waals surface area contributed by atoms with Gasteiger partial charge in [0, 0.05) is 25.0 Å². The predicted molar refractivity (Wildman–Crippen MR) is 68.5 cm³/mol. The molecular weight excluding hydrogens is 256 g/mol. The molecule has 0 unspecified atom stereocenters. The maximum atomic E-state index is 6.11. The molecule has 0 atom stereocenters. The number of halogens is 1. The van der Waals surface area contributed by atoms with Crippen LogP contribution >= 0.6 is 23.4 Å². The molecule has 0 amide bonds. The van der Waals surface area contributed by atoms with E-state index in [2.05, 4.69) is 28.8 Å². The molecule has 0 saturated heterocycles. The van der Waals surface area contributed by atoms with Crippen molar-refractivity contribution in [3.63, 3.8) is 0 Å². The molecule has 2 aromatic rings. The summed E-state index contributed by atoms with van der Waals surface area (Å²) >= 11 is 7.62. The molecule has 4 nitrogen and oxygen atoms in total. The normalized spacial score (nSPS) is 11.1. The average molecular weight is 269 g/mol. The van der Waals surface area contributed by atoms with Gasteiger partial charge >= 0.3 is 0 Å². The summed E-state index contributed by atoms with van der Waals surface area (Å²) in [4.78, 5) is 12.6. The molecule has 6 heteroatoms. The van der Waals surface area contributed by atoms with E-state index in [1.54, 1.807) is 6.20 Å². The molecule has 0 aromatic carbocycles. The molecule has 0 aliphatic carbocycles. The average Bonchev–Trinajstić information content (AvgIpc) is 2.64. The van der Waals surface area contributed by atoms with Crippen LogP contribution in [0.4, 0.5) is 0 Å². The summed E-state index contributed by atoms with van der Waals surface area (Å²) in [6.45, 7) is 4.15. The van der Waals surface area contributed by atoms with E-state index in [1.807, 2.05) is 17.8 Å². The van der Waals surface area contributed by atoms with Crippen LogP contribution in [0.3, 0.4) is 0 Å². The number of aryl methyl sites for hydroxylation is 1. The summed E-state index contributed by atoms with van der Waals surface area (Å²) < 4.78 is 1.95. The van der Waals surface area contributed by atoms with Crippen LogP contribution in [0, 0.1) is 0 Å². The van der Waals surface area contributed by atoms with Gasteiger partial charge < -0.3 is 4.57 Å². The molecule has 0 aliphatic heterocycles. The van der Waals surface area contributed by atoms with E-state index in [9.17, 15) is 0 Å². The lowest BCUT2D eigenvalue weighted by atomic mass is 10.1. The smallest absolute Gasteiger partial charge is 0.174 e. The Bertz CT molecular complexity index is 524. The molecule has 0 bridgehead atoms. The van der Waals surface area contributed by atoms with Crippen molar-refractivity contribution in [2.75, 3.05) is 0 Å². The van der Waals surface area contributed by atoms with Crippen LogP contribution in [0.5, 0.6) is 0 Å². The van der Waals surface area contributed by atoms with Gasteiger partial charge in [-0.3, -0.25) is 0 Å². The minimum Gasteiger partial charge on any atom is -0.329 e. The zero-order chi connectivity index (χ0) is 12.4. The molecule has 0 fully saturated rings. The Labute approximate surface area is 109 Å². The van der Waals surface area contributed by atoms with Gasteiger partial charge in [-0.15, -0.1) is 0 Å². The highest BCUT2D eigenvalue weighted by Gasteiger charge is 2.15. The number of nitrogens with zero attached hydrogens (tertiary/aromatic N) is 4. The van der Waals surface area contributed by atoms with Crippen molar-refractivity contribution in [1.82, 2.24) is 19.5 Å². The summed E-state index contributed by atoms with van der Waals surface area (Å²) in [5, 5.41) is 2.28. The second kappa shape index (κ2) is 5.06. The van der Waals surface area contributed by atoms with Gasteiger partial charge in [-0.25, -0.2) is 15.0 Å². The van der Waals surface area contributed by atoms with Gasteiger partial charge in [-0.2, -0.15) is 0 Å². The van der Waals surface area contributed by atoms with Gasteiger partial charge in [-0.1, -0.05) is 25.4 Å². The van der Waals surface area contributed by atoms with E-state index in [4.69, 9.17) is 11.6 Å². The third-order valence-corrected chi connectivity index (χ3v) is 3.74. The van der Waals surface area contributed by atoms with E-state index >= 15 is 0 Å². The molecule has 90 valence electrons. The minimum absolute atomic E-state index is 0.284. The van der Waals surface area contributed by atoms with Crippen LogP contribution in [0.25, 0.3) is 0 Å². The maximum absolute atomic E-state index is 6.11. The molecular formula is C11H13ClN4S. The Kier molecular flexibility index (Phi) is 3.69. The van der Waals surface area contributed by atoms with Crippen molar-refractivity contribution in [2.45, 2.75) is 29.9 Å². The van der Waals surface area contributed by atoms with Crippen molar-refractivity contribution in [1.29, 1.82) is 0 Å². The Morgan fingerprint density at radius 1 is 1.29 bits per heavy atom. The summed E-state index contributed by atoms with van der Waals surface area (Å²) in [6, 6.07) is 0. The molecule has 17 heavy (non-hydrogen) atoms. The van der Waals surface area contributed by atoms with E-state index < -0.39 is 0 Å². The van der Waals surface area contributed by atoms with E-state index in [0.29, 0.717) is 5.15 Å². The largest absolute Gasteiger partial charge is 0.329 e. The van der Waals surface area contributed by atoms with Crippen molar-refractivity contribution < 1.29 is 0 Å². The first-order valence-corrected chi connectivity index (χ1v) is 6.44. The predicted octanol–water partition coefficient (Wildman–Crippen LogP) is 3.14. The number of imidazole rings is 1. The Balaban J connectivity index is 2.39. The van der Waals surface area contributed by atoms with E-state index in [0.717, 1.165) is 15.7 Å². The summed E-state index contributed by atoms with van der Waals surface area (Å²) in [5.41, 5.74) is 0.974. The second-order valence-electron chi connectivity index (χ2n) is 3.96. The zero-order valence-electron chi connectivity index (χ0n) is 9.88. The Hall–Kier alpha value is -1.07. The van der Waals surface area contributed by atoms with Crippen LogP contribution in [0.15, 0.2) is 28.9 Å². The van der Waals surface area contributed by atoms with Gasteiger partial charge in [0.15, 0.2) is 5.16 Å². The van der Waals surface area contributed by atoms with Crippen LogP contribution in [-0.2, 0) is 7.05 Å². The molecule has 0 spiro atoms. The zero-order valence-corrected chi connectivity index (χ0v) is 11.5. The second-order valence-corrected chi connectivity index (χ2v) is 5.27. The van der Waals surface area contributed by atoms with Crippen LogP contribution < -0.4 is 0 Å². The maximum Gasteiger partial charge on any atom is 0.174 e. The van der Waals surface area contributed by atoms with Crippen LogP contribution in [0.2, 0.25) is 5.15 Å². The van der Waals surface area contributed by atoms with Gasteiger partial charge in [0.25, 0.3) is 0 Å². The van der Waals surface area contributed by atoms with Gasteiger partial charge in [0.1, 0.15) is 16.5 Å². The fourth-order valence-electron chi connectivity index (χ4n) is 1.46. The fraction of sp³-hybridized carbons (Fsp3) is 0.364. The monoisotopic (exact) mass is 268 g/mol. The lowest BCUT2D eigenvalue weighted by molar-refractivity contribution is 0.776. The quantitative estimate of drug-likeness (QED) is 0.802. The third kappa shape index (κ3) is 2.61. The molecule has 0 aliphatic rings. The first-order valence-electron chi connectivity index (χ1n) is 5.25. The Morgan fingerprint density at radius 2 is 2.06 bits per heavy atom. The number of rotatable bonds is 3. The molecule has 2 rings (SSSR count). The first kappa shape index (κ1) is 12.4. The first-order chi connectivity index (χ1) is 8.09. The van der Waals surface area contributed by atoms with Crippen molar-refractivity contribution in [3.05, 3.63) is 29.4 Å². The molecule has 0 N–H and O–H groups in total. The minimum atomic E-state index is 0.284. The Morgan fingerprint density at radius 3 is 2.65 bits per heavy atom. The van der Waals surface area contributed by atoms with Crippen molar-refractivity contribution in [3.8, 4) is 0 Å². The molecule has 2 heterocycles. The number of aromatic nitrogens is 4. The van der Waals surface area contributed by atoms with Gasteiger partial charge in [0.05, 0.1) is 0 Å². The summed E-state index contributed by atoms with van der Waals surface area (Å²) in [5.74, 6) is 0.284. The van der Waals surface area contributed by atoms with Crippen molar-refractivity contribution >= 4 is 23.4 Å². The standard InChI is InChI=1S/C11H13ClN4S/c1-7(2)8-9(12)14-6-15-10(8)17-11-13-4-5-16(11)3/h4-7H,1-3H3. The van der Waals surface area contributed by atoms with Crippen molar-refractivity contribution in [2.24, 2.45) is 7.05 Å². The molecule has 2 aromatic heterocycles. The van der Waals surface area contributed by atoms with E-state index in [-0.39, 0.29) is 5.92 Å².